The number of carboxylic acid groups (broad SMARTS) is 1. The summed E-state index contributed by atoms with van der Waals surface area (Å²) in [5, 5.41) is 14.9. The maximum absolute atomic E-state index is 11.8. The highest BCUT2D eigenvalue weighted by Gasteiger charge is 2.24. The number of carboxylic acids is 1. The summed E-state index contributed by atoms with van der Waals surface area (Å²) < 4.78 is 7.66. The van der Waals surface area contributed by atoms with E-state index < -0.39 is 12.1 Å². The topological polar surface area (TPSA) is 64.4 Å². The third-order valence-corrected chi connectivity index (χ3v) is 4.36. The molecule has 1 N–H and O–H groups in total. The van der Waals surface area contributed by atoms with Crippen LogP contribution in [0.15, 0.2) is 54.7 Å². The minimum Gasteiger partial charge on any atom is -0.478 e. The molecule has 1 unspecified atom stereocenters. The average molecular weight is 421 g/mol. The van der Waals surface area contributed by atoms with E-state index in [4.69, 9.17) is 27.9 Å². The van der Waals surface area contributed by atoms with E-state index >= 15 is 0 Å². The van der Waals surface area contributed by atoms with E-state index in [1.807, 2.05) is 26.8 Å². The fourth-order valence-electron chi connectivity index (χ4n) is 2.64. The standard InChI is InChI=1S/C19H16Cl2N2O3.C2H6/c1-2-23-16(9-10-22-23)15-11-14(21)7-8-17(15)26-18(19(24)25)12-3-5-13(20)6-4-12;1-2/h3-11,18H,2H2,1H3,(H,24,25);1-2H3. The largest absolute Gasteiger partial charge is 0.478 e. The molecule has 0 spiro atoms. The second-order valence-corrected chi connectivity index (χ2v) is 6.43. The molecule has 1 atom stereocenters. The Hall–Kier alpha value is -2.50. The number of hydrogen-bond acceptors (Lipinski definition) is 3. The Kier molecular flexibility index (Phi) is 7.91. The van der Waals surface area contributed by atoms with Gasteiger partial charge >= 0.3 is 5.97 Å². The first-order valence-electron chi connectivity index (χ1n) is 8.96. The zero-order valence-corrected chi connectivity index (χ0v) is 17.4. The Morgan fingerprint density at radius 3 is 2.36 bits per heavy atom. The van der Waals surface area contributed by atoms with E-state index in [1.54, 1.807) is 53.3 Å². The molecule has 0 saturated carbocycles. The molecule has 0 aliphatic rings. The van der Waals surface area contributed by atoms with Crippen LogP contribution in [0.5, 0.6) is 5.75 Å². The van der Waals surface area contributed by atoms with Gasteiger partial charge < -0.3 is 9.84 Å². The summed E-state index contributed by atoms with van der Waals surface area (Å²) >= 11 is 12.0. The number of rotatable bonds is 6. The van der Waals surface area contributed by atoms with Crippen LogP contribution in [0.3, 0.4) is 0 Å². The van der Waals surface area contributed by atoms with E-state index in [0.29, 0.717) is 33.5 Å². The van der Waals surface area contributed by atoms with E-state index in [2.05, 4.69) is 5.10 Å². The number of nitrogens with zero attached hydrogens (tertiary/aromatic N) is 2. The molecule has 2 aromatic carbocycles. The predicted octanol–water partition coefficient (Wildman–Crippen LogP) is 6.11. The van der Waals surface area contributed by atoms with Crippen molar-refractivity contribution < 1.29 is 14.6 Å². The van der Waals surface area contributed by atoms with Gasteiger partial charge in [0.05, 0.1) is 5.69 Å². The highest BCUT2D eigenvalue weighted by Crippen LogP contribution is 2.35. The van der Waals surface area contributed by atoms with Gasteiger partial charge in [0.25, 0.3) is 0 Å². The normalized spacial score (nSPS) is 11.3. The van der Waals surface area contributed by atoms with Gasteiger partial charge in [-0.05, 0) is 43.3 Å². The molecule has 0 aliphatic heterocycles. The summed E-state index contributed by atoms with van der Waals surface area (Å²) in [6.07, 6.45) is 0.502. The van der Waals surface area contributed by atoms with E-state index in [-0.39, 0.29) is 0 Å². The van der Waals surface area contributed by atoms with Crippen LogP contribution in [-0.4, -0.2) is 20.9 Å². The number of aliphatic carboxylic acids is 1. The molecule has 0 radical (unpaired) electrons. The summed E-state index contributed by atoms with van der Waals surface area (Å²) in [6, 6.07) is 13.4. The van der Waals surface area contributed by atoms with Gasteiger partial charge in [0.2, 0.25) is 6.10 Å². The van der Waals surface area contributed by atoms with Gasteiger partial charge in [-0.2, -0.15) is 5.10 Å². The Balaban J connectivity index is 0.00000136. The number of benzene rings is 2. The van der Waals surface area contributed by atoms with E-state index in [9.17, 15) is 9.90 Å². The van der Waals surface area contributed by atoms with Crippen molar-refractivity contribution in [2.45, 2.75) is 33.4 Å². The lowest BCUT2D eigenvalue weighted by Crippen LogP contribution is -2.18. The lowest BCUT2D eigenvalue weighted by Gasteiger charge is -2.19. The first kappa shape index (κ1) is 21.8. The minimum absolute atomic E-state index is 0.409. The molecule has 3 rings (SSSR count). The molecule has 5 nitrogen and oxygen atoms in total. The number of hydrogen-bond donors (Lipinski definition) is 1. The molecular weight excluding hydrogens is 399 g/mol. The van der Waals surface area contributed by atoms with Gasteiger partial charge in [0.1, 0.15) is 5.75 Å². The highest BCUT2D eigenvalue weighted by molar-refractivity contribution is 6.31. The molecule has 148 valence electrons. The van der Waals surface area contributed by atoms with Gasteiger partial charge in [0.15, 0.2) is 0 Å². The summed E-state index contributed by atoms with van der Waals surface area (Å²) in [5.74, 6) is -0.691. The second kappa shape index (κ2) is 10.2. The van der Waals surface area contributed by atoms with E-state index in [1.165, 1.54) is 0 Å². The van der Waals surface area contributed by atoms with Crippen LogP contribution in [0.1, 0.15) is 32.4 Å². The van der Waals surface area contributed by atoms with Crippen LogP contribution in [0.2, 0.25) is 10.0 Å². The van der Waals surface area contributed by atoms with Crippen LogP contribution in [0.4, 0.5) is 0 Å². The zero-order valence-electron chi connectivity index (χ0n) is 15.9. The molecule has 28 heavy (non-hydrogen) atoms. The number of halogens is 2. The molecule has 0 saturated heterocycles. The summed E-state index contributed by atoms with van der Waals surface area (Å²) in [4.78, 5) is 11.8. The lowest BCUT2D eigenvalue weighted by molar-refractivity contribution is -0.145. The van der Waals surface area contributed by atoms with Gasteiger partial charge in [-0.25, -0.2) is 4.79 Å². The Bertz CT molecular complexity index is 924. The Labute approximate surface area is 174 Å². The average Bonchev–Trinajstić information content (AvgIpc) is 3.18. The molecular formula is C21H22Cl2N2O3. The lowest BCUT2D eigenvalue weighted by atomic mass is 10.1. The third kappa shape index (κ3) is 5.06. The monoisotopic (exact) mass is 420 g/mol. The minimum atomic E-state index is -1.18. The maximum atomic E-state index is 11.8. The van der Waals surface area contributed by atoms with E-state index in [0.717, 1.165) is 5.69 Å². The Morgan fingerprint density at radius 1 is 1.11 bits per heavy atom. The Morgan fingerprint density at radius 2 is 1.75 bits per heavy atom. The molecule has 7 heteroatoms. The molecule has 1 heterocycles. The van der Waals surface area contributed by atoms with Crippen molar-refractivity contribution in [2.75, 3.05) is 0 Å². The zero-order chi connectivity index (χ0) is 20.7. The first-order valence-corrected chi connectivity index (χ1v) is 9.72. The SMILES string of the molecule is CC.CCn1nccc1-c1cc(Cl)ccc1OC(C(=O)O)c1ccc(Cl)cc1. The van der Waals surface area contributed by atoms with Gasteiger partial charge in [-0.1, -0.05) is 49.2 Å². The van der Waals surface area contributed by atoms with Gasteiger partial charge in [-0.15, -0.1) is 0 Å². The molecule has 0 aliphatic carbocycles. The molecule has 3 aromatic rings. The van der Waals surface area contributed by atoms with Crippen molar-refractivity contribution in [1.82, 2.24) is 9.78 Å². The molecule has 0 amide bonds. The summed E-state index contributed by atoms with van der Waals surface area (Å²) in [6.45, 7) is 6.63. The fraction of sp³-hybridized carbons (Fsp3) is 0.238. The van der Waals surface area contributed by atoms with Crippen molar-refractivity contribution in [1.29, 1.82) is 0 Å². The number of aryl methyl sites for hydroxylation is 1. The van der Waals surface area contributed by atoms with Gasteiger partial charge in [0, 0.05) is 33.9 Å². The number of aromatic nitrogens is 2. The van der Waals surface area contributed by atoms with Crippen molar-refractivity contribution >= 4 is 29.2 Å². The first-order chi connectivity index (χ1) is 13.5. The van der Waals surface area contributed by atoms with Crippen LogP contribution in [-0.2, 0) is 11.3 Å². The van der Waals surface area contributed by atoms with Crippen molar-refractivity contribution in [3.05, 3.63) is 70.3 Å². The number of ether oxygens (including phenoxy) is 1. The van der Waals surface area contributed by atoms with Crippen LogP contribution in [0, 0.1) is 0 Å². The smallest absolute Gasteiger partial charge is 0.349 e. The van der Waals surface area contributed by atoms with Crippen LogP contribution < -0.4 is 4.74 Å². The van der Waals surface area contributed by atoms with Crippen LogP contribution in [0.25, 0.3) is 11.3 Å². The molecule has 0 fully saturated rings. The number of carbonyl (C=O) groups is 1. The summed E-state index contributed by atoms with van der Waals surface area (Å²) in [5.41, 5.74) is 1.97. The molecule has 0 bridgehead atoms. The van der Waals surface area contributed by atoms with Crippen molar-refractivity contribution in [2.24, 2.45) is 0 Å². The van der Waals surface area contributed by atoms with Crippen LogP contribution >= 0.6 is 23.2 Å². The summed E-state index contributed by atoms with van der Waals surface area (Å²) in [7, 11) is 0. The van der Waals surface area contributed by atoms with Crippen molar-refractivity contribution in [3.63, 3.8) is 0 Å². The van der Waals surface area contributed by atoms with Gasteiger partial charge in [-0.3, -0.25) is 4.68 Å². The molecule has 1 aromatic heterocycles. The van der Waals surface area contributed by atoms with Crippen molar-refractivity contribution in [3.8, 4) is 17.0 Å². The fourth-order valence-corrected chi connectivity index (χ4v) is 2.94. The maximum Gasteiger partial charge on any atom is 0.349 e. The quantitative estimate of drug-likeness (QED) is 0.522. The highest BCUT2D eigenvalue weighted by atomic mass is 35.5. The predicted molar refractivity (Wildman–Crippen MR) is 112 cm³/mol. The second-order valence-electron chi connectivity index (χ2n) is 5.56. The third-order valence-electron chi connectivity index (χ3n) is 3.88.